The molecule has 4 fully saturated rings. The summed E-state index contributed by atoms with van der Waals surface area (Å²) in [4.78, 5) is 22.9. The highest BCUT2D eigenvalue weighted by molar-refractivity contribution is 6.26. The Bertz CT molecular complexity index is 398. The number of hydrogen-bond acceptors (Lipinski definition) is 5. The molecular formula is C13H17ClO5. The first-order valence-electron chi connectivity index (χ1n) is 6.66. The van der Waals surface area contributed by atoms with Gasteiger partial charge in [-0.1, -0.05) is 0 Å². The van der Waals surface area contributed by atoms with Crippen LogP contribution in [0, 0.1) is 11.8 Å². The van der Waals surface area contributed by atoms with Gasteiger partial charge in [0.2, 0.25) is 0 Å². The SMILES string of the molecule is O=C(CCl)OCOC12CC3CC(C1)OC(=O)C(C3)C2. The molecule has 4 atom stereocenters. The van der Waals surface area contributed by atoms with E-state index in [9.17, 15) is 9.59 Å². The van der Waals surface area contributed by atoms with Crippen molar-refractivity contribution in [3.05, 3.63) is 0 Å². The Labute approximate surface area is 116 Å². The molecule has 106 valence electrons. The van der Waals surface area contributed by atoms with Gasteiger partial charge in [-0.15, -0.1) is 11.6 Å². The molecule has 0 radical (unpaired) electrons. The van der Waals surface area contributed by atoms with Gasteiger partial charge in [-0.2, -0.15) is 0 Å². The predicted molar refractivity (Wildman–Crippen MR) is 65.4 cm³/mol. The Morgan fingerprint density at radius 2 is 2.21 bits per heavy atom. The summed E-state index contributed by atoms with van der Waals surface area (Å²) in [6.07, 6.45) is 4.12. The van der Waals surface area contributed by atoms with Gasteiger partial charge in [0, 0.05) is 6.42 Å². The van der Waals surface area contributed by atoms with Crippen LogP contribution in [0.3, 0.4) is 0 Å². The smallest absolute Gasteiger partial charge is 0.322 e. The fraction of sp³-hybridized carbons (Fsp3) is 0.846. The lowest BCUT2D eigenvalue weighted by atomic mass is 9.65. The quantitative estimate of drug-likeness (QED) is 0.447. The second-order valence-corrected chi connectivity index (χ2v) is 6.07. The summed E-state index contributed by atoms with van der Waals surface area (Å²) in [7, 11) is 0. The lowest BCUT2D eigenvalue weighted by Gasteiger charge is -2.45. The van der Waals surface area contributed by atoms with Crippen LogP contribution in [0.2, 0.25) is 0 Å². The normalized spacial score (nSPS) is 39.8. The minimum Gasteiger partial charge on any atom is -0.462 e. The number of esters is 2. The van der Waals surface area contributed by atoms with Crippen LogP contribution in [0.25, 0.3) is 0 Å². The highest BCUT2D eigenvalue weighted by atomic mass is 35.5. The van der Waals surface area contributed by atoms with E-state index in [-0.39, 0.29) is 36.3 Å². The van der Waals surface area contributed by atoms with Crippen molar-refractivity contribution in [2.45, 2.75) is 43.8 Å². The van der Waals surface area contributed by atoms with Crippen molar-refractivity contribution >= 4 is 23.5 Å². The summed E-state index contributed by atoms with van der Waals surface area (Å²) in [5.41, 5.74) is -0.366. The maximum absolute atomic E-state index is 11.9. The number of fused-ring (bicyclic) bond motifs is 1. The molecule has 0 aromatic heterocycles. The summed E-state index contributed by atoms with van der Waals surface area (Å²) >= 11 is 5.36. The largest absolute Gasteiger partial charge is 0.462 e. The maximum atomic E-state index is 11.9. The average Bonchev–Trinajstić information content (AvgIpc) is 2.52. The molecule has 2 aliphatic carbocycles. The highest BCUT2D eigenvalue weighted by Gasteiger charge is 2.53. The molecule has 4 bridgehead atoms. The molecule has 4 unspecified atom stereocenters. The zero-order valence-corrected chi connectivity index (χ0v) is 11.4. The van der Waals surface area contributed by atoms with Gasteiger partial charge in [0.15, 0.2) is 6.79 Å². The van der Waals surface area contributed by atoms with Crippen molar-refractivity contribution in [2.24, 2.45) is 11.8 Å². The minimum atomic E-state index is -0.489. The van der Waals surface area contributed by atoms with Crippen LogP contribution in [-0.2, 0) is 23.8 Å². The Balaban J connectivity index is 1.67. The second-order valence-electron chi connectivity index (χ2n) is 5.80. The van der Waals surface area contributed by atoms with Gasteiger partial charge in [0.25, 0.3) is 0 Å². The van der Waals surface area contributed by atoms with Crippen LogP contribution >= 0.6 is 11.6 Å². The number of rotatable bonds is 4. The van der Waals surface area contributed by atoms with Crippen LogP contribution in [-0.4, -0.2) is 36.3 Å². The summed E-state index contributed by atoms with van der Waals surface area (Å²) in [5, 5.41) is 0. The maximum Gasteiger partial charge on any atom is 0.322 e. The Morgan fingerprint density at radius 3 is 3.00 bits per heavy atom. The third-order valence-corrected chi connectivity index (χ3v) is 4.62. The molecule has 4 aliphatic rings. The monoisotopic (exact) mass is 288 g/mol. The molecule has 2 aliphatic heterocycles. The first-order chi connectivity index (χ1) is 9.10. The molecule has 2 heterocycles. The summed E-state index contributed by atoms with van der Waals surface area (Å²) in [6.45, 7) is -0.0914. The average molecular weight is 289 g/mol. The molecule has 2 saturated carbocycles. The van der Waals surface area contributed by atoms with Crippen LogP contribution in [0.15, 0.2) is 0 Å². The minimum absolute atomic E-state index is 0.0394. The zero-order valence-electron chi connectivity index (χ0n) is 10.6. The fourth-order valence-corrected chi connectivity index (χ4v) is 3.89. The number of halogens is 1. The molecular weight excluding hydrogens is 272 g/mol. The van der Waals surface area contributed by atoms with Crippen LogP contribution in [0.1, 0.15) is 32.1 Å². The van der Waals surface area contributed by atoms with Crippen molar-refractivity contribution in [2.75, 3.05) is 12.7 Å². The summed E-state index contributed by atoms with van der Waals surface area (Å²) in [6, 6.07) is 0. The Morgan fingerprint density at radius 1 is 1.37 bits per heavy atom. The van der Waals surface area contributed by atoms with Crippen molar-refractivity contribution in [3.8, 4) is 0 Å². The van der Waals surface area contributed by atoms with E-state index in [2.05, 4.69) is 0 Å². The number of ether oxygens (including phenoxy) is 3. The van der Waals surface area contributed by atoms with Gasteiger partial charge >= 0.3 is 11.9 Å². The molecule has 2 saturated heterocycles. The molecule has 0 aromatic carbocycles. The third-order valence-electron chi connectivity index (χ3n) is 4.40. The van der Waals surface area contributed by atoms with Crippen molar-refractivity contribution < 1.29 is 23.8 Å². The van der Waals surface area contributed by atoms with Gasteiger partial charge in [0.1, 0.15) is 12.0 Å². The van der Waals surface area contributed by atoms with E-state index in [1.807, 2.05) is 0 Å². The van der Waals surface area contributed by atoms with E-state index in [1.165, 1.54) is 0 Å². The molecule has 0 spiro atoms. The van der Waals surface area contributed by atoms with Crippen molar-refractivity contribution in [3.63, 3.8) is 0 Å². The van der Waals surface area contributed by atoms with Gasteiger partial charge < -0.3 is 14.2 Å². The van der Waals surface area contributed by atoms with E-state index >= 15 is 0 Å². The van der Waals surface area contributed by atoms with E-state index < -0.39 is 5.97 Å². The first kappa shape index (κ1) is 13.2. The van der Waals surface area contributed by atoms with E-state index in [0.29, 0.717) is 18.8 Å². The highest BCUT2D eigenvalue weighted by Crippen LogP contribution is 2.51. The zero-order chi connectivity index (χ0) is 13.5. The third kappa shape index (κ3) is 2.58. The lowest BCUT2D eigenvalue weighted by Crippen LogP contribution is -2.47. The molecule has 5 nitrogen and oxygen atoms in total. The van der Waals surface area contributed by atoms with Gasteiger partial charge in [-0.05, 0) is 31.6 Å². The van der Waals surface area contributed by atoms with Crippen LogP contribution in [0.4, 0.5) is 0 Å². The summed E-state index contributed by atoms with van der Waals surface area (Å²) in [5.74, 6) is -0.333. The van der Waals surface area contributed by atoms with Crippen LogP contribution in [0.5, 0.6) is 0 Å². The molecule has 19 heavy (non-hydrogen) atoms. The van der Waals surface area contributed by atoms with Gasteiger partial charge in [0.05, 0.1) is 11.5 Å². The lowest BCUT2D eigenvalue weighted by molar-refractivity contribution is -0.191. The molecule has 0 aromatic rings. The number of carbonyl (C=O) groups is 2. The molecule has 6 heteroatoms. The van der Waals surface area contributed by atoms with E-state index in [1.54, 1.807) is 0 Å². The van der Waals surface area contributed by atoms with Crippen molar-refractivity contribution in [1.82, 2.24) is 0 Å². The molecule has 0 amide bonds. The predicted octanol–water partition coefficient (Wildman–Crippen LogP) is 1.62. The Kier molecular flexibility index (Phi) is 3.43. The standard InChI is InChI=1S/C13H17ClO5/c14-6-11(15)17-7-18-13-3-8-1-9(4-13)12(16)19-10(2-8)5-13/h8-10H,1-7H2. The fourth-order valence-electron chi connectivity index (χ4n) is 3.81. The van der Waals surface area contributed by atoms with Crippen molar-refractivity contribution in [1.29, 1.82) is 0 Å². The van der Waals surface area contributed by atoms with Gasteiger partial charge in [-0.3, -0.25) is 9.59 Å². The van der Waals surface area contributed by atoms with Gasteiger partial charge in [-0.25, -0.2) is 0 Å². The summed E-state index contributed by atoms with van der Waals surface area (Å²) < 4.78 is 16.2. The number of hydrogen-bond donors (Lipinski definition) is 0. The molecule has 4 rings (SSSR count). The first-order valence-corrected chi connectivity index (χ1v) is 7.20. The molecule has 0 N–H and O–H groups in total. The van der Waals surface area contributed by atoms with Crippen LogP contribution < -0.4 is 0 Å². The number of carbonyl (C=O) groups excluding carboxylic acids is 2. The second kappa shape index (κ2) is 4.94. The number of alkyl halides is 1. The Hall–Kier alpha value is -0.810. The van der Waals surface area contributed by atoms with E-state index in [4.69, 9.17) is 25.8 Å². The topological polar surface area (TPSA) is 61.8 Å². The van der Waals surface area contributed by atoms with E-state index in [0.717, 1.165) is 19.3 Å².